The van der Waals surface area contributed by atoms with Crippen LogP contribution in [0.15, 0.2) is 41.4 Å². The zero-order chi connectivity index (χ0) is 16.9. The molecule has 0 radical (unpaired) electrons. The Labute approximate surface area is 137 Å². The van der Waals surface area contributed by atoms with Crippen LogP contribution in [0.2, 0.25) is 0 Å². The topological polar surface area (TPSA) is 84.0 Å². The van der Waals surface area contributed by atoms with Gasteiger partial charge in [0.1, 0.15) is 5.82 Å². The second kappa shape index (κ2) is 7.63. The van der Waals surface area contributed by atoms with Gasteiger partial charge in [0, 0.05) is 36.6 Å². The van der Waals surface area contributed by atoms with Crippen molar-refractivity contribution in [2.75, 3.05) is 13.1 Å². The van der Waals surface area contributed by atoms with Crippen molar-refractivity contribution in [2.24, 2.45) is 0 Å². The van der Waals surface area contributed by atoms with Crippen LogP contribution in [0.25, 0.3) is 0 Å². The first-order chi connectivity index (χ1) is 10.9. The van der Waals surface area contributed by atoms with Crippen LogP contribution in [0.4, 0.5) is 0 Å². The molecule has 0 bridgehead atoms. The summed E-state index contributed by atoms with van der Waals surface area (Å²) in [5, 5.41) is 3.28. The minimum absolute atomic E-state index is 0.0526. The lowest BCUT2D eigenvalue weighted by Gasteiger charge is -2.16. The highest BCUT2D eigenvalue weighted by atomic mass is 32.2. The van der Waals surface area contributed by atoms with Gasteiger partial charge in [0.2, 0.25) is 10.0 Å². The number of hydrogen-bond acceptors (Lipinski definition) is 5. The Morgan fingerprint density at radius 3 is 2.48 bits per heavy atom. The lowest BCUT2D eigenvalue weighted by Crippen LogP contribution is -2.33. The summed E-state index contributed by atoms with van der Waals surface area (Å²) in [6.45, 7) is 6.63. The van der Waals surface area contributed by atoms with Crippen molar-refractivity contribution in [1.82, 2.24) is 20.0 Å². The van der Waals surface area contributed by atoms with Crippen molar-refractivity contribution < 1.29 is 8.42 Å². The number of aryl methyl sites for hydroxylation is 2. The maximum atomic E-state index is 12.1. The molecule has 0 saturated heterocycles. The van der Waals surface area contributed by atoms with E-state index in [0.29, 0.717) is 13.1 Å². The Hall–Kier alpha value is -1.83. The molecule has 0 fully saturated rings. The SMILES string of the molecule is Cc1ncc([C@@H](C)NCCNS(=O)(=O)c2ccccc2)c(C)n1. The van der Waals surface area contributed by atoms with Crippen LogP contribution in [-0.4, -0.2) is 31.5 Å². The van der Waals surface area contributed by atoms with E-state index in [-0.39, 0.29) is 10.9 Å². The van der Waals surface area contributed by atoms with E-state index in [9.17, 15) is 8.42 Å². The van der Waals surface area contributed by atoms with Crippen LogP contribution in [0, 0.1) is 13.8 Å². The van der Waals surface area contributed by atoms with E-state index in [1.54, 1.807) is 30.3 Å². The van der Waals surface area contributed by atoms with Gasteiger partial charge in [-0.05, 0) is 32.9 Å². The fourth-order valence-corrected chi connectivity index (χ4v) is 3.34. The molecular weight excluding hydrogens is 312 g/mol. The summed E-state index contributed by atoms with van der Waals surface area (Å²) in [5.74, 6) is 0.745. The highest BCUT2D eigenvalue weighted by molar-refractivity contribution is 7.89. The Morgan fingerprint density at radius 2 is 1.83 bits per heavy atom. The predicted octanol–water partition coefficient (Wildman–Crippen LogP) is 1.72. The predicted molar refractivity (Wildman–Crippen MR) is 89.6 cm³/mol. The molecule has 1 atom stereocenters. The quantitative estimate of drug-likeness (QED) is 0.753. The molecule has 1 aromatic heterocycles. The molecule has 2 aromatic rings. The average Bonchev–Trinajstić information content (AvgIpc) is 2.52. The second-order valence-corrected chi connectivity index (χ2v) is 7.11. The number of nitrogens with one attached hydrogen (secondary N) is 2. The minimum atomic E-state index is -3.45. The normalized spacial score (nSPS) is 13.0. The Kier molecular flexibility index (Phi) is 5.81. The molecule has 0 saturated carbocycles. The summed E-state index contributed by atoms with van der Waals surface area (Å²) in [4.78, 5) is 8.82. The molecule has 2 rings (SSSR count). The molecule has 124 valence electrons. The summed E-state index contributed by atoms with van der Waals surface area (Å²) < 4.78 is 26.7. The van der Waals surface area contributed by atoms with Gasteiger partial charge in [-0.25, -0.2) is 23.1 Å². The molecule has 0 aliphatic carbocycles. The van der Waals surface area contributed by atoms with Gasteiger partial charge in [0.25, 0.3) is 0 Å². The Bertz CT molecular complexity index is 748. The van der Waals surface area contributed by atoms with Crippen molar-refractivity contribution in [1.29, 1.82) is 0 Å². The van der Waals surface area contributed by atoms with E-state index in [0.717, 1.165) is 17.1 Å². The van der Waals surface area contributed by atoms with Gasteiger partial charge in [0.05, 0.1) is 4.90 Å². The van der Waals surface area contributed by atoms with Crippen LogP contribution >= 0.6 is 0 Å². The van der Waals surface area contributed by atoms with E-state index in [1.165, 1.54) is 0 Å². The molecule has 1 heterocycles. The summed E-state index contributed by atoms with van der Waals surface area (Å²) in [6.07, 6.45) is 1.81. The van der Waals surface area contributed by atoms with Crippen LogP contribution in [0.1, 0.15) is 30.0 Å². The smallest absolute Gasteiger partial charge is 0.240 e. The first-order valence-corrected chi connectivity index (χ1v) is 8.96. The van der Waals surface area contributed by atoms with Gasteiger partial charge in [-0.2, -0.15) is 0 Å². The van der Waals surface area contributed by atoms with E-state index in [1.807, 2.05) is 27.0 Å². The second-order valence-electron chi connectivity index (χ2n) is 5.34. The van der Waals surface area contributed by atoms with Gasteiger partial charge in [-0.3, -0.25) is 0 Å². The van der Waals surface area contributed by atoms with Gasteiger partial charge in [-0.1, -0.05) is 18.2 Å². The number of hydrogen-bond donors (Lipinski definition) is 2. The van der Waals surface area contributed by atoms with Crippen molar-refractivity contribution in [3.8, 4) is 0 Å². The molecule has 2 N–H and O–H groups in total. The third kappa shape index (κ3) is 4.82. The van der Waals surface area contributed by atoms with Gasteiger partial charge >= 0.3 is 0 Å². The number of aromatic nitrogens is 2. The number of rotatable bonds is 7. The molecule has 0 amide bonds. The van der Waals surface area contributed by atoms with Crippen molar-refractivity contribution in [2.45, 2.75) is 31.7 Å². The van der Waals surface area contributed by atoms with E-state index in [4.69, 9.17) is 0 Å². The summed E-state index contributed by atoms with van der Waals surface area (Å²) in [7, 11) is -3.45. The number of nitrogens with zero attached hydrogens (tertiary/aromatic N) is 2. The van der Waals surface area contributed by atoms with Crippen LogP contribution in [0.3, 0.4) is 0 Å². The van der Waals surface area contributed by atoms with Gasteiger partial charge < -0.3 is 5.32 Å². The van der Waals surface area contributed by atoms with E-state index >= 15 is 0 Å². The molecule has 6 nitrogen and oxygen atoms in total. The largest absolute Gasteiger partial charge is 0.309 e. The molecule has 0 unspecified atom stereocenters. The summed E-state index contributed by atoms with van der Waals surface area (Å²) >= 11 is 0. The van der Waals surface area contributed by atoms with Gasteiger partial charge in [0.15, 0.2) is 0 Å². The van der Waals surface area contributed by atoms with E-state index in [2.05, 4.69) is 20.0 Å². The zero-order valence-electron chi connectivity index (χ0n) is 13.6. The summed E-state index contributed by atoms with van der Waals surface area (Å²) in [6, 6.07) is 8.40. The maximum Gasteiger partial charge on any atom is 0.240 e. The number of sulfonamides is 1. The van der Waals surface area contributed by atoms with Crippen molar-refractivity contribution in [3.63, 3.8) is 0 Å². The molecule has 1 aromatic carbocycles. The number of benzene rings is 1. The zero-order valence-corrected chi connectivity index (χ0v) is 14.4. The molecule has 0 aliphatic heterocycles. The van der Waals surface area contributed by atoms with Gasteiger partial charge in [-0.15, -0.1) is 0 Å². The van der Waals surface area contributed by atoms with Crippen LogP contribution < -0.4 is 10.0 Å². The third-order valence-electron chi connectivity index (χ3n) is 3.53. The average molecular weight is 334 g/mol. The molecular formula is C16H22N4O2S. The first-order valence-electron chi connectivity index (χ1n) is 7.48. The molecule has 23 heavy (non-hydrogen) atoms. The molecule has 0 spiro atoms. The fraction of sp³-hybridized carbons (Fsp3) is 0.375. The monoisotopic (exact) mass is 334 g/mol. The standard InChI is InChI=1S/C16H22N4O2S/c1-12(16-11-18-14(3)20-13(16)2)17-9-10-19-23(21,22)15-7-5-4-6-8-15/h4-8,11-12,17,19H,9-10H2,1-3H3/t12-/m1/s1. The van der Waals surface area contributed by atoms with E-state index < -0.39 is 10.0 Å². The van der Waals surface area contributed by atoms with Crippen LogP contribution in [0.5, 0.6) is 0 Å². The third-order valence-corrected chi connectivity index (χ3v) is 5.00. The Morgan fingerprint density at radius 1 is 1.13 bits per heavy atom. The lowest BCUT2D eigenvalue weighted by atomic mass is 10.1. The van der Waals surface area contributed by atoms with Crippen molar-refractivity contribution >= 4 is 10.0 Å². The Balaban J connectivity index is 1.85. The summed E-state index contributed by atoms with van der Waals surface area (Å²) in [5.41, 5.74) is 1.95. The fourth-order valence-electron chi connectivity index (χ4n) is 2.28. The molecule has 7 heteroatoms. The maximum absolute atomic E-state index is 12.1. The van der Waals surface area contributed by atoms with Crippen LogP contribution in [-0.2, 0) is 10.0 Å². The molecule has 0 aliphatic rings. The minimum Gasteiger partial charge on any atom is -0.309 e. The highest BCUT2D eigenvalue weighted by Gasteiger charge is 2.13. The lowest BCUT2D eigenvalue weighted by molar-refractivity contribution is 0.549. The first kappa shape index (κ1) is 17.5. The highest BCUT2D eigenvalue weighted by Crippen LogP contribution is 2.14. The van der Waals surface area contributed by atoms with Crippen molar-refractivity contribution in [3.05, 3.63) is 53.6 Å².